The van der Waals surface area contributed by atoms with Crippen LogP contribution in [0.4, 0.5) is 0 Å². The number of hydrogen-bond acceptors (Lipinski definition) is 6. The fourth-order valence-corrected chi connectivity index (χ4v) is 9.84. The van der Waals surface area contributed by atoms with Gasteiger partial charge in [-0.1, -0.05) is 282 Å². The first-order valence-electron chi connectivity index (χ1n) is 33.0. The topological polar surface area (TPSA) is 78.9 Å². The molecule has 0 saturated carbocycles. The van der Waals surface area contributed by atoms with Crippen molar-refractivity contribution in [3.8, 4) is 0 Å². The zero-order chi connectivity index (χ0) is 53.6. The minimum absolute atomic E-state index is 0.0736. The molecule has 0 bridgehead atoms. The Kier molecular flexibility index (Phi) is 61.1. The highest BCUT2D eigenvalue weighted by atomic mass is 16.6. The molecule has 0 radical (unpaired) electrons. The van der Waals surface area contributed by atoms with E-state index in [0.717, 1.165) is 64.2 Å². The lowest BCUT2D eigenvalue weighted by atomic mass is 10.1. The van der Waals surface area contributed by atoms with Crippen molar-refractivity contribution in [1.29, 1.82) is 0 Å². The molecule has 0 aromatic rings. The third-order valence-electron chi connectivity index (χ3n) is 14.8. The van der Waals surface area contributed by atoms with E-state index in [1.165, 1.54) is 257 Å². The van der Waals surface area contributed by atoms with Crippen molar-refractivity contribution in [2.75, 3.05) is 13.2 Å². The van der Waals surface area contributed by atoms with E-state index >= 15 is 0 Å². The third-order valence-corrected chi connectivity index (χ3v) is 14.8. The summed E-state index contributed by atoms with van der Waals surface area (Å²) < 4.78 is 16.9. The Morgan fingerprint density at radius 2 is 0.446 bits per heavy atom. The molecule has 0 amide bonds. The standard InChI is InChI=1S/C68H126O6/c1-4-7-10-13-16-19-22-25-28-30-32-34-36-38-40-43-46-49-52-55-58-61-67(70)73-64-65(63-72-66(69)60-57-54-51-48-45-42-27-24-21-18-15-12-9-6-3)74-68(71)62-59-56-53-50-47-44-41-39-37-35-33-31-29-26-23-20-17-14-11-8-5-2/h24,27,30-33,65H,4-23,25-26,28-29,34-64H2,1-3H3/b27-24-,32-30-,33-31-. The van der Waals surface area contributed by atoms with Gasteiger partial charge in [0.15, 0.2) is 6.10 Å². The largest absolute Gasteiger partial charge is 0.462 e. The van der Waals surface area contributed by atoms with E-state index in [9.17, 15) is 14.4 Å². The predicted molar refractivity (Wildman–Crippen MR) is 321 cm³/mol. The number of esters is 3. The van der Waals surface area contributed by atoms with E-state index in [-0.39, 0.29) is 31.1 Å². The number of unbranched alkanes of at least 4 members (excludes halogenated alkanes) is 44. The molecule has 74 heavy (non-hydrogen) atoms. The second kappa shape index (κ2) is 63.2. The third kappa shape index (κ3) is 60.5. The molecule has 0 aliphatic carbocycles. The van der Waals surface area contributed by atoms with Crippen LogP contribution in [0.2, 0.25) is 0 Å². The first-order chi connectivity index (χ1) is 36.5. The van der Waals surface area contributed by atoms with Crippen LogP contribution in [0.3, 0.4) is 0 Å². The number of carbonyl (C=O) groups excluding carboxylic acids is 3. The van der Waals surface area contributed by atoms with Crippen molar-refractivity contribution in [2.45, 2.75) is 367 Å². The molecular weight excluding hydrogens is 913 g/mol. The Bertz CT molecular complexity index is 1240. The minimum atomic E-state index is -0.777. The van der Waals surface area contributed by atoms with Gasteiger partial charge in [0, 0.05) is 19.3 Å². The number of carbonyl (C=O) groups is 3. The number of hydrogen-bond donors (Lipinski definition) is 0. The SMILES string of the molecule is CCCCCCC/C=C\CCCCCCCC(=O)OCC(COC(=O)CCCCCCCCCCC/C=C\CCCCCCCCCC)OC(=O)CCCCCCCCCCC/C=C\CCCCCCCCCC. The second-order valence-corrected chi connectivity index (χ2v) is 22.4. The summed E-state index contributed by atoms with van der Waals surface area (Å²) in [6.07, 6.45) is 77.2. The lowest BCUT2D eigenvalue weighted by molar-refractivity contribution is -0.167. The van der Waals surface area contributed by atoms with Crippen LogP contribution in [0.1, 0.15) is 361 Å². The smallest absolute Gasteiger partial charge is 0.306 e. The summed E-state index contributed by atoms with van der Waals surface area (Å²) in [6, 6.07) is 0. The van der Waals surface area contributed by atoms with Gasteiger partial charge >= 0.3 is 17.9 Å². The Morgan fingerprint density at radius 3 is 0.676 bits per heavy atom. The Labute approximate surface area is 461 Å². The van der Waals surface area contributed by atoms with Gasteiger partial charge in [-0.25, -0.2) is 0 Å². The van der Waals surface area contributed by atoms with Crippen molar-refractivity contribution >= 4 is 17.9 Å². The van der Waals surface area contributed by atoms with E-state index in [0.29, 0.717) is 19.3 Å². The van der Waals surface area contributed by atoms with E-state index in [4.69, 9.17) is 14.2 Å². The Morgan fingerprint density at radius 1 is 0.257 bits per heavy atom. The van der Waals surface area contributed by atoms with Crippen LogP contribution < -0.4 is 0 Å². The van der Waals surface area contributed by atoms with Gasteiger partial charge < -0.3 is 14.2 Å². The van der Waals surface area contributed by atoms with Crippen molar-refractivity contribution < 1.29 is 28.6 Å². The average Bonchev–Trinajstić information content (AvgIpc) is 3.40. The molecule has 0 heterocycles. The summed E-state index contributed by atoms with van der Waals surface area (Å²) >= 11 is 0. The molecule has 0 aromatic carbocycles. The molecule has 0 N–H and O–H groups in total. The molecule has 6 nitrogen and oxygen atoms in total. The van der Waals surface area contributed by atoms with Crippen LogP contribution in [0.5, 0.6) is 0 Å². The van der Waals surface area contributed by atoms with Gasteiger partial charge in [-0.2, -0.15) is 0 Å². The van der Waals surface area contributed by atoms with Crippen LogP contribution >= 0.6 is 0 Å². The first kappa shape index (κ1) is 71.6. The van der Waals surface area contributed by atoms with Crippen LogP contribution in [0, 0.1) is 0 Å². The van der Waals surface area contributed by atoms with Crippen LogP contribution in [0.15, 0.2) is 36.5 Å². The van der Waals surface area contributed by atoms with E-state index < -0.39 is 6.10 Å². The van der Waals surface area contributed by atoms with Gasteiger partial charge in [-0.05, 0) is 96.3 Å². The van der Waals surface area contributed by atoms with Crippen molar-refractivity contribution in [2.24, 2.45) is 0 Å². The summed E-state index contributed by atoms with van der Waals surface area (Å²) in [5.74, 6) is -0.863. The summed E-state index contributed by atoms with van der Waals surface area (Å²) in [5.41, 5.74) is 0. The van der Waals surface area contributed by atoms with Gasteiger partial charge in [0.1, 0.15) is 13.2 Å². The van der Waals surface area contributed by atoms with Gasteiger partial charge in [0.05, 0.1) is 0 Å². The molecular formula is C68H126O6. The highest BCUT2D eigenvalue weighted by Crippen LogP contribution is 2.17. The van der Waals surface area contributed by atoms with Gasteiger partial charge in [-0.15, -0.1) is 0 Å². The molecule has 1 atom stereocenters. The molecule has 0 aliphatic rings. The van der Waals surface area contributed by atoms with Gasteiger partial charge in [0.2, 0.25) is 0 Å². The van der Waals surface area contributed by atoms with Crippen LogP contribution in [-0.4, -0.2) is 37.2 Å². The molecule has 0 rings (SSSR count). The number of rotatable bonds is 61. The normalized spacial score (nSPS) is 12.2. The molecule has 0 aromatic heterocycles. The summed E-state index contributed by atoms with van der Waals surface area (Å²) in [5, 5.41) is 0. The molecule has 434 valence electrons. The predicted octanol–water partition coefficient (Wildman–Crippen LogP) is 22.4. The molecule has 0 spiro atoms. The van der Waals surface area contributed by atoms with Gasteiger partial charge in [-0.3, -0.25) is 14.4 Å². The highest BCUT2D eigenvalue weighted by Gasteiger charge is 2.19. The maximum Gasteiger partial charge on any atom is 0.306 e. The summed E-state index contributed by atoms with van der Waals surface area (Å²) in [7, 11) is 0. The quantitative estimate of drug-likeness (QED) is 0.0261. The molecule has 6 heteroatoms. The molecule has 0 saturated heterocycles. The number of ether oxygens (including phenoxy) is 3. The summed E-state index contributed by atoms with van der Waals surface area (Å²) in [6.45, 7) is 6.68. The lowest BCUT2D eigenvalue weighted by Crippen LogP contribution is -2.30. The van der Waals surface area contributed by atoms with Crippen LogP contribution in [0.25, 0.3) is 0 Å². The van der Waals surface area contributed by atoms with Gasteiger partial charge in [0.25, 0.3) is 0 Å². The summed E-state index contributed by atoms with van der Waals surface area (Å²) in [4.78, 5) is 38.3. The monoisotopic (exact) mass is 1040 g/mol. The Balaban J connectivity index is 4.31. The molecule has 0 fully saturated rings. The lowest BCUT2D eigenvalue weighted by Gasteiger charge is -2.18. The maximum absolute atomic E-state index is 12.9. The fraction of sp³-hybridized carbons (Fsp3) is 0.868. The minimum Gasteiger partial charge on any atom is -0.462 e. The zero-order valence-electron chi connectivity index (χ0n) is 49.9. The highest BCUT2D eigenvalue weighted by molar-refractivity contribution is 5.71. The molecule has 1 unspecified atom stereocenters. The van der Waals surface area contributed by atoms with Crippen LogP contribution in [-0.2, 0) is 28.6 Å². The van der Waals surface area contributed by atoms with Crippen molar-refractivity contribution in [3.05, 3.63) is 36.5 Å². The fourth-order valence-electron chi connectivity index (χ4n) is 9.84. The second-order valence-electron chi connectivity index (χ2n) is 22.4. The van der Waals surface area contributed by atoms with E-state index in [1.54, 1.807) is 0 Å². The van der Waals surface area contributed by atoms with Crippen molar-refractivity contribution in [1.82, 2.24) is 0 Å². The Hall–Kier alpha value is -2.37. The van der Waals surface area contributed by atoms with E-state index in [1.807, 2.05) is 0 Å². The number of allylic oxidation sites excluding steroid dienone is 6. The van der Waals surface area contributed by atoms with Crippen molar-refractivity contribution in [3.63, 3.8) is 0 Å². The first-order valence-corrected chi connectivity index (χ1v) is 33.0. The zero-order valence-corrected chi connectivity index (χ0v) is 49.9. The van der Waals surface area contributed by atoms with E-state index in [2.05, 4.69) is 57.2 Å². The average molecular weight is 1040 g/mol. The maximum atomic E-state index is 12.9. The molecule has 0 aliphatic heterocycles.